The molecule has 3 aromatic carbocycles. The van der Waals surface area contributed by atoms with Crippen LogP contribution in [0.15, 0.2) is 95.7 Å². The summed E-state index contributed by atoms with van der Waals surface area (Å²) < 4.78 is 10.5. The van der Waals surface area contributed by atoms with Crippen LogP contribution in [0.4, 0.5) is 5.69 Å². The molecule has 1 aliphatic rings. The van der Waals surface area contributed by atoms with E-state index in [0.717, 1.165) is 12.0 Å². The van der Waals surface area contributed by atoms with Crippen LogP contribution in [0.5, 0.6) is 5.75 Å². The van der Waals surface area contributed by atoms with Gasteiger partial charge in [-0.3, -0.25) is 14.5 Å². The molecule has 0 saturated carbocycles. The van der Waals surface area contributed by atoms with Gasteiger partial charge >= 0.3 is 5.97 Å². The van der Waals surface area contributed by atoms with Crippen LogP contribution in [0, 0.1) is 0 Å². The van der Waals surface area contributed by atoms with E-state index in [0.29, 0.717) is 34.3 Å². The molecular formula is C30H27ClN2O5. The van der Waals surface area contributed by atoms with Crippen LogP contribution in [-0.2, 0) is 25.5 Å². The standard InChI is InChI=1S/C30H27ClN2O5/c1-20-28(30(36)37-2)26(29(35)33(20)24-10-6-9-23(31)18-24)17-22-11-13-25(14-12-22)38-19-27(34)32-16-15-21-7-4-3-5-8-21/h3-14,17-18H,15-16,19H2,1-2H3,(H,32,34)/b26-17-. The Morgan fingerprint density at radius 3 is 2.42 bits per heavy atom. The van der Waals surface area contributed by atoms with E-state index in [-0.39, 0.29) is 29.6 Å². The van der Waals surface area contributed by atoms with Crippen molar-refractivity contribution >= 4 is 41.1 Å². The van der Waals surface area contributed by atoms with Gasteiger partial charge in [0.2, 0.25) is 0 Å². The number of carbonyl (C=O) groups is 3. The van der Waals surface area contributed by atoms with Crippen molar-refractivity contribution in [3.05, 3.63) is 112 Å². The second kappa shape index (κ2) is 12.3. The maximum absolute atomic E-state index is 13.4. The number of allylic oxidation sites excluding steroid dienone is 1. The van der Waals surface area contributed by atoms with E-state index in [4.69, 9.17) is 21.1 Å². The minimum absolute atomic E-state index is 0.114. The molecule has 7 nitrogen and oxygen atoms in total. The number of hydrogen-bond acceptors (Lipinski definition) is 5. The molecule has 4 rings (SSSR count). The highest BCUT2D eigenvalue weighted by Crippen LogP contribution is 2.36. The maximum atomic E-state index is 13.4. The number of anilines is 1. The molecule has 1 heterocycles. The number of nitrogens with zero attached hydrogens (tertiary/aromatic N) is 1. The number of esters is 1. The summed E-state index contributed by atoms with van der Waals surface area (Å²) in [5, 5.41) is 3.31. The Morgan fingerprint density at radius 2 is 1.74 bits per heavy atom. The van der Waals surface area contributed by atoms with Crippen molar-refractivity contribution in [2.75, 3.05) is 25.2 Å². The van der Waals surface area contributed by atoms with Crippen molar-refractivity contribution in [1.82, 2.24) is 5.32 Å². The van der Waals surface area contributed by atoms with Gasteiger partial charge in [0.15, 0.2) is 6.61 Å². The Labute approximate surface area is 226 Å². The predicted molar refractivity (Wildman–Crippen MR) is 147 cm³/mol. The third-order valence-electron chi connectivity index (χ3n) is 6.00. The first-order valence-corrected chi connectivity index (χ1v) is 12.4. The molecule has 38 heavy (non-hydrogen) atoms. The number of methoxy groups -OCH3 is 1. The number of hydrogen-bond donors (Lipinski definition) is 1. The van der Waals surface area contributed by atoms with Crippen LogP contribution in [0.3, 0.4) is 0 Å². The van der Waals surface area contributed by atoms with Gasteiger partial charge in [-0.1, -0.05) is 60.1 Å². The van der Waals surface area contributed by atoms with Crippen LogP contribution in [0.1, 0.15) is 18.1 Å². The average molecular weight is 531 g/mol. The first-order valence-electron chi connectivity index (χ1n) is 12.0. The van der Waals surface area contributed by atoms with Crippen molar-refractivity contribution in [1.29, 1.82) is 0 Å². The Kier molecular flexibility index (Phi) is 8.61. The first-order chi connectivity index (χ1) is 18.4. The van der Waals surface area contributed by atoms with Crippen LogP contribution in [0.25, 0.3) is 6.08 Å². The minimum atomic E-state index is -0.607. The molecule has 3 aromatic rings. The van der Waals surface area contributed by atoms with Gasteiger partial charge in [-0.25, -0.2) is 4.79 Å². The summed E-state index contributed by atoms with van der Waals surface area (Å²) in [5.74, 6) is -0.681. The Hall–Kier alpha value is -4.36. The van der Waals surface area contributed by atoms with Gasteiger partial charge in [-0.2, -0.15) is 0 Å². The summed E-state index contributed by atoms with van der Waals surface area (Å²) in [6.45, 7) is 2.10. The number of ether oxygens (including phenoxy) is 2. The second-order valence-electron chi connectivity index (χ2n) is 8.57. The fraction of sp³-hybridized carbons (Fsp3) is 0.167. The quantitative estimate of drug-likeness (QED) is 0.312. The van der Waals surface area contributed by atoms with Gasteiger partial charge in [0.25, 0.3) is 11.8 Å². The van der Waals surface area contributed by atoms with E-state index in [2.05, 4.69) is 5.32 Å². The predicted octanol–water partition coefficient (Wildman–Crippen LogP) is 4.95. The topological polar surface area (TPSA) is 84.9 Å². The molecule has 0 atom stereocenters. The molecule has 0 aliphatic carbocycles. The lowest BCUT2D eigenvalue weighted by Crippen LogP contribution is -2.30. The molecular weight excluding hydrogens is 504 g/mol. The monoisotopic (exact) mass is 530 g/mol. The fourth-order valence-electron chi connectivity index (χ4n) is 4.12. The second-order valence-corrected chi connectivity index (χ2v) is 9.01. The molecule has 0 radical (unpaired) electrons. The highest BCUT2D eigenvalue weighted by Gasteiger charge is 2.37. The van der Waals surface area contributed by atoms with Crippen molar-refractivity contribution in [2.24, 2.45) is 0 Å². The van der Waals surface area contributed by atoms with Gasteiger partial charge in [0.1, 0.15) is 5.75 Å². The van der Waals surface area contributed by atoms with Gasteiger partial charge < -0.3 is 14.8 Å². The molecule has 0 unspecified atom stereocenters. The van der Waals surface area contributed by atoms with Crippen molar-refractivity contribution in [3.63, 3.8) is 0 Å². The van der Waals surface area contributed by atoms with Crippen LogP contribution in [-0.4, -0.2) is 38.0 Å². The number of benzene rings is 3. The summed E-state index contributed by atoms with van der Waals surface area (Å²) >= 11 is 6.12. The molecule has 0 fully saturated rings. The molecule has 2 amide bonds. The smallest absolute Gasteiger partial charge is 0.340 e. The van der Waals surface area contributed by atoms with Crippen molar-refractivity contribution in [2.45, 2.75) is 13.3 Å². The SMILES string of the molecule is COC(=O)C1=C(C)N(c2cccc(Cl)c2)C(=O)/C1=C\c1ccc(OCC(=O)NCCc2ccccc2)cc1. The maximum Gasteiger partial charge on any atom is 0.340 e. The largest absolute Gasteiger partial charge is 0.484 e. The summed E-state index contributed by atoms with van der Waals surface area (Å²) in [7, 11) is 1.27. The number of carbonyl (C=O) groups excluding carboxylic acids is 3. The van der Waals surface area contributed by atoms with E-state index >= 15 is 0 Å². The molecule has 0 aromatic heterocycles. The molecule has 1 N–H and O–H groups in total. The molecule has 194 valence electrons. The molecule has 0 spiro atoms. The molecule has 1 aliphatic heterocycles. The average Bonchev–Trinajstić information content (AvgIpc) is 3.17. The van der Waals surface area contributed by atoms with Gasteiger partial charge in [-0.15, -0.1) is 0 Å². The van der Waals surface area contributed by atoms with Crippen LogP contribution < -0.4 is 15.0 Å². The van der Waals surface area contributed by atoms with Crippen LogP contribution >= 0.6 is 11.6 Å². The summed E-state index contributed by atoms with van der Waals surface area (Å²) in [6.07, 6.45) is 2.37. The number of halogens is 1. The third-order valence-corrected chi connectivity index (χ3v) is 6.23. The minimum Gasteiger partial charge on any atom is -0.484 e. The Bertz CT molecular complexity index is 1400. The van der Waals surface area contributed by atoms with Crippen molar-refractivity contribution < 1.29 is 23.9 Å². The molecule has 0 saturated heterocycles. The van der Waals surface area contributed by atoms with E-state index in [1.54, 1.807) is 61.5 Å². The summed E-state index contributed by atoms with van der Waals surface area (Å²) in [5.41, 5.74) is 3.22. The lowest BCUT2D eigenvalue weighted by atomic mass is 10.0. The number of rotatable bonds is 9. The first kappa shape index (κ1) is 26.7. The van der Waals surface area contributed by atoms with E-state index in [1.807, 2.05) is 30.3 Å². The lowest BCUT2D eigenvalue weighted by Gasteiger charge is -2.18. The van der Waals surface area contributed by atoms with Crippen LogP contribution in [0.2, 0.25) is 5.02 Å². The normalized spacial score (nSPS) is 14.1. The van der Waals surface area contributed by atoms with E-state index in [1.165, 1.54) is 12.0 Å². The summed E-state index contributed by atoms with van der Waals surface area (Å²) in [4.78, 5) is 39.5. The third kappa shape index (κ3) is 6.30. The number of nitrogens with one attached hydrogen (secondary N) is 1. The van der Waals surface area contributed by atoms with Gasteiger partial charge in [-0.05, 0) is 60.9 Å². The summed E-state index contributed by atoms with van der Waals surface area (Å²) in [6, 6.07) is 23.6. The number of amides is 2. The Balaban J connectivity index is 1.42. The highest BCUT2D eigenvalue weighted by molar-refractivity contribution is 6.31. The van der Waals surface area contributed by atoms with Gasteiger partial charge in [0.05, 0.1) is 23.9 Å². The van der Waals surface area contributed by atoms with E-state index in [9.17, 15) is 14.4 Å². The van der Waals surface area contributed by atoms with Gasteiger partial charge in [0, 0.05) is 17.3 Å². The highest BCUT2D eigenvalue weighted by atomic mass is 35.5. The zero-order chi connectivity index (χ0) is 27.1. The fourth-order valence-corrected chi connectivity index (χ4v) is 4.31. The zero-order valence-electron chi connectivity index (χ0n) is 21.1. The molecule has 8 heteroatoms. The zero-order valence-corrected chi connectivity index (χ0v) is 21.8. The van der Waals surface area contributed by atoms with Crippen molar-refractivity contribution in [3.8, 4) is 5.75 Å². The molecule has 0 bridgehead atoms. The lowest BCUT2D eigenvalue weighted by molar-refractivity contribution is -0.136. The Morgan fingerprint density at radius 1 is 1.00 bits per heavy atom. The van der Waals surface area contributed by atoms with E-state index < -0.39 is 5.97 Å².